The molecule has 7 nitrogen and oxygen atoms in total. The summed E-state index contributed by atoms with van der Waals surface area (Å²) in [6.45, 7) is 1.48. The first kappa shape index (κ1) is 14.8. The van der Waals surface area contributed by atoms with Crippen molar-refractivity contribution >= 4 is 32.1 Å². The van der Waals surface area contributed by atoms with Crippen molar-refractivity contribution in [3.8, 4) is 0 Å². The van der Waals surface area contributed by atoms with Crippen LogP contribution in [-0.2, 0) is 10.0 Å². The lowest BCUT2D eigenvalue weighted by Crippen LogP contribution is -2.40. The lowest BCUT2D eigenvalue weighted by Gasteiger charge is -2.25. The molecule has 0 bridgehead atoms. The maximum atomic E-state index is 12.8. The second kappa shape index (κ2) is 5.24. The van der Waals surface area contributed by atoms with Crippen LogP contribution in [0.1, 0.15) is 12.8 Å². The number of sulfonamides is 1. The molecule has 3 heterocycles. The summed E-state index contributed by atoms with van der Waals surface area (Å²) >= 11 is 1.36. The number of imidazole rings is 1. The van der Waals surface area contributed by atoms with Crippen molar-refractivity contribution in [2.45, 2.75) is 23.9 Å². The molecule has 2 N–H and O–H groups in total. The molecule has 0 spiro atoms. The molecule has 1 saturated heterocycles. The Morgan fingerprint density at radius 3 is 3.00 bits per heavy atom. The molecule has 116 valence electrons. The van der Waals surface area contributed by atoms with Gasteiger partial charge in [0.05, 0.1) is 0 Å². The Hall–Kier alpha value is -1.16. The first-order valence-electron chi connectivity index (χ1n) is 6.79. The number of anilines is 1. The number of fused-ring (bicyclic) bond motifs is 1. The quantitative estimate of drug-likeness (QED) is 0.892. The van der Waals surface area contributed by atoms with E-state index in [4.69, 9.17) is 5.73 Å². The molecule has 0 saturated carbocycles. The molecule has 1 atom stereocenters. The second-order valence-corrected chi connectivity index (χ2v) is 8.25. The molecule has 9 heteroatoms. The van der Waals surface area contributed by atoms with Crippen molar-refractivity contribution in [2.24, 2.45) is 0 Å². The zero-order chi connectivity index (χ0) is 15.2. The molecule has 0 amide bonds. The van der Waals surface area contributed by atoms with Crippen molar-refractivity contribution in [3.63, 3.8) is 0 Å². The van der Waals surface area contributed by atoms with Crippen molar-refractivity contribution in [3.05, 3.63) is 11.6 Å². The zero-order valence-corrected chi connectivity index (χ0v) is 13.7. The Bertz CT molecular complexity index is 751. The van der Waals surface area contributed by atoms with Gasteiger partial charge in [-0.05, 0) is 26.4 Å². The molecule has 0 aliphatic carbocycles. The maximum absolute atomic E-state index is 12.8. The fourth-order valence-corrected chi connectivity index (χ4v) is 4.94. The monoisotopic (exact) mass is 329 g/mol. The third-order valence-electron chi connectivity index (χ3n) is 4.04. The van der Waals surface area contributed by atoms with Crippen LogP contribution >= 0.6 is 11.3 Å². The van der Waals surface area contributed by atoms with Crippen LogP contribution in [0.2, 0.25) is 0 Å². The molecular formula is C12H19N5O2S2. The van der Waals surface area contributed by atoms with Gasteiger partial charge in [0.1, 0.15) is 0 Å². The molecule has 1 aliphatic rings. The van der Waals surface area contributed by atoms with E-state index in [-0.39, 0.29) is 16.9 Å². The number of rotatable bonds is 4. The topological polar surface area (TPSA) is 83.9 Å². The summed E-state index contributed by atoms with van der Waals surface area (Å²) in [5, 5.41) is 1.87. The highest BCUT2D eigenvalue weighted by Crippen LogP contribution is 2.26. The van der Waals surface area contributed by atoms with Crippen molar-refractivity contribution in [1.82, 2.24) is 18.6 Å². The first-order chi connectivity index (χ1) is 9.91. The normalized spacial score (nSPS) is 20.8. The number of nitrogens with two attached hydrogens (primary N) is 1. The number of hydrogen-bond donors (Lipinski definition) is 1. The standard InChI is InChI=1S/C12H19N5O2S2/c1-15-5-3-4-9(15)8-16(2)21(18,19)11-10(13)14-12-17(11)6-7-20-12/h6-7,9H,3-5,8,13H2,1-2H3. The van der Waals surface area contributed by atoms with Gasteiger partial charge in [-0.2, -0.15) is 4.31 Å². The Morgan fingerprint density at radius 2 is 2.33 bits per heavy atom. The zero-order valence-electron chi connectivity index (χ0n) is 12.1. The maximum Gasteiger partial charge on any atom is 0.262 e. The third kappa shape index (κ3) is 2.44. The van der Waals surface area contributed by atoms with Crippen LogP contribution in [0.25, 0.3) is 4.96 Å². The average Bonchev–Trinajstić information content (AvgIpc) is 3.06. The van der Waals surface area contributed by atoms with Crippen molar-refractivity contribution in [1.29, 1.82) is 0 Å². The van der Waals surface area contributed by atoms with Crippen LogP contribution in [0.4, 0.5) is 5.82 Å². The van der Waals surface area contributed by atoms with Crippen LogP contribution in [0, 0.1) is 0 Å². The SMILES string of the molecule is CN1CCCC1CN(C)S(=O)(=O)c1c(N)nc2sccn12. The Balaban J connectivity index is 1.92. The summed E-state index contributed by atoms with van der Waals surface area (Å²) < 4.78 is 28.5. The van der Waals surface area contributed by atoms with Gasteiger partial charge in [-0.1, -0.05) is 0 Å². The van der Waals surface area contributed by atoms with Crippen LogP contribution in [-0.4, -0.2) is 60.2 Å². The molecule has 0 radical (unpaired) electrons. The number of aromatic nitrogens is 2. The summed E-state index contributed by atoms with van der Waals surface area (Å²) in [6.07, 6.45) is 3.82. The fraction of sp³-hybridized carbons (Fsp3) is 0.583. The summed E-state index contributed by atoms with van der Waals surface area (Å²) in [5.41, 5.74) is 5.82. The van der Waals surface area contributed by atoms with E-state index < -0.39 is 10.0 Å². The highest BCUT2D eigenvalue weighted by Gasteiger charge is 2.32. The summed E-state index contributed by atoms with van der Waals surface area (Å²) in [7, 11) is -0.0109. The molecular weight excluding hydrogens is 310 g/mol. The molecule has 3 rings (SSSR count). The van der Waals surface area contributed by atoms with Crippen molar-refractivity contribution < 1.29 is 8.42 Å². The van der Waals surface area contributed by atoms with E-state index in [1.807, 2.05) is 7.05 Å². The predicted molar refractivity (Wildman–Crippen MR) is 82.9 cm³/mol. The lowest BCUT2D eigenvalue weighted by atomic mass is 10.2. The second-order valence-electron chi connectivity index (χ2n) is 5.42. The minimum Gasteiger partial charge on any atom is -0.381 e. The Morgan fingerprint density at radius 1 is 1.57 bits per heavy atom. The molecule has 1 unspecified atom stereocenters. The fourth-order valence-electron chi connectivity index (χ4n) is 2.79. The number of thiazole rings is 1. The number of likely N-dealkylation sites (tertiary alicyclic amines) is 1. The highest BCUT2D eigenvalue weighted by molar-refractivity contribution is 7.89. The number of hydrogen-bond acceptors (Lipinski definition) is 6. The van der Waals surface area contributed by atoms with Crippen LogP contribution in [0.5, 0.6) is 0 Å². The lowest BCUT2D eigenvalue weighted by molar-refractivity contribution is 0.270. The number of likely N-dealkylation sites (N-methyl/N-ethyl adjacent to an activating group) is 2. The van der Waals surface area contributed by atoms with Crippen molar-refractivity contribution in [2.75, 3.05) is 32.9 Å². The van der Waals surface area contributed by atoms with Gasteiger partial charge in [-0.15, -0.1) is 11.3 Å². The van der Waals surface area contributed by atoms with Gasteiger partial charge >= 0.3 is 0 Å². The van der Waals surface area contributed by atoms with Crippen LogP contribution in [0.15, 0.2) is 16.6 Å². The first-order valence-corrected chi connectivity index (χ1v) is 9.11. The molecule has 2 aromatic heterocycles. The van der Waals surface area contributed by atoms with Gasteiger partial charge in [0.15, 0.2) is 15.8 Å². The molecule has 0 aromatic carbocycles. The molecule has 2 aromatic rings. The summed E-state index contributed by atoms with van der Waals surface area (Å²) in [5.74, 6) is 0.0634. The van der Waals surface area contributed by atoms with Gasteiger partial charge in [-0.3, -0.25) is 4.40 Å². The van der Waals surface area contributed by atoms with E-state index >= 15 is 0 Å². The molecule has 1 fully saturated rings. The largest absolute Gasteiger partial charge is 0.381 e. The number of nitrogens with zero attached hydrogens (tertiary/aromatic N) is 4. The van der Waals surface area contributed by atoms with Crippen LogP contribution < -0.4 is 5.73 Å². The molecule has 21 heavy (non-hydrogen) atoms. The smallest absolute Gasteiger partial charge is 0.262 e. The summed E-state index contributed by atoms with van der Waals surface area (Å²) in [6, 6.07) is 0.261. The minimum atomic E-state index is -3.64. The Kier molecular flexibility index (Phi) is 3.68. The van der Waals surface area contributed by atoms with E-state index in [0.29, 0.717) is 11.5 Å². The Labute approximate surface area is 128 Å². The van der Waals surface area contributed by atoms with Gasteiger partial charge < -0.3 is 10.6 Å². The predicted octanol–water partition coefficient (Wildman–Crippen LogP) is 0.693. The van der Waals surface area contributed by atoms with Gasteiger partial charge in [-0.25, -0.2) is 13.4 Å². The van der Waals surface area contributed by atoms with Gasteiger partial charge in [0, 0.05) is 31.2 Å². The minimum absolute atomic E-state index is 0.0634. The van der Waals surface area contributed by atoms with E-state index in [0.717, 1.165) is 19.4 Å². The van der Waals surface area contributed by atoms with Crippen LogP contribution in [0.3, 0.4) is 0 Å². The third-order valence-corrected chi connectivity index (χ3v) is 6.66. The van der Waals surface area contributed by atoms with Gasteiger partial charge in [0.2, 0.25) is 0 Å². The van der Waals surface area contributed by atoms with Gasteiger partial charge in [0.25, 0.3) is 10.0 Å². The van der Waals surface area contributed by atoms with E-state index in [2.05, 4.69) is 9.88 Å². The highest BCUT2D eigenvalue weighted by atomic mass is 32.2. The number of nitrogen functional groups attached to an aromatic ring is 1. The van der Waals surface area contributed by atoms with E-state index in [1.54, 1.807) is 23.0 Å². The average molecular weight is 329 g/mol. The summed E-state index contributed by atoms with van der Waals surface area (Å²) in [4.78, 5) is 6.91. The molecule has 1 aliphatic heterocycles. The van der Waals surface area contributed by atoms with E-state index in [9.17, 15) is 8.42 Å². The van der Waals surface area contributed by atoms with E-state index in [1.165, 1.54) is 15.6 Å².